The Morgan fingerprint density at radius 1 is 1.29 bits per heavy atom. The minimum atomic E-state index is -0.781. The first-order chi connectivity index (χ1) is 8.08. The van der Waals surface area contributed by atoms with E-state index in [0.717, 1.165) is 24.3 Å². The van der Waals surface area contributed by atoms with E-state index in [-0.39, 0.29) is 6.42 Å². The topological polar surface area (TPSA) is 40.5 Å². The molecule has 0 fully saturated rings. The Bertz CT molecular complexity index is 349. The third kappa shape index (κ3) is 6.34. The second-order valence-corrected chi connectivity index (χ2v) is 5.39. The SMILES string of the molecule is CN(C)CCCSc1ccc(CC(=O)O)cc1. The van der Waals surface area contributed by atoms with Gasteiger partial charge in [-0.2, -0.15) is 0 Å². The van der Waals surface area contributed by atoms with Gasteiger partial charge in [-0.1, -0.05) is 12.1 Å². The van der Waals surface area contributed by atoms with Gasteiger partial charge in [0.1, 0.15) is 0 Å². The lowest BCUT2D eigenvalue weighted by atomic mass is 10.2. The minimum Gasteiger partial charge on any atom is -0.481 e. The van der Waals surface area contributed by atoms with E-state index in [0.29, 0.717) is 0 Å². The lowest BCUT2D eigenvalue weighted by Crippen LogP contribution is -2.13. The summed E-state index contributed by atoms with van der Waals surface area (Å²) in [6.07, 6.45) is 1.26. The maximum absolute atomic E-state index is 10.5. The van der Waals surface area contributed by atoms with Gasteiger partial charge in [-0.15, -0.1) is 11.8 Å². The van der Waals surface area contributed by atoms with Crippen LogP contribution in [0.2, 0.25) is 0 Å². The number of carboxylic acids is 1. The van der Waals surface area contributed by atoms with Crippen molar-refractivity contribution >= 4 is 17.7 Å². The number of carboxylic acid groups (broad SMARTS) is 1. The highest BCUT2D eigenvalue weighted by Crippen LogP contribution is 2.19. The zero-order chi connectivity index (χ0) is 12.7. The van der Waals surface area contributed by atoms with Crippen molar-refractivity contribution in [3.63, 3.8) is 0 Å². The summed E-state index contributed by atoms with van der Waals surface area (Å²) < 4.78 is 0. The molecule has 0 radical (unpaired) electrons. The molecule has 0 unspecified atom stereocenters. The number of hydrogen-bond donors (Lipinski definition) is 1. The maximum Gasteiger partial charge on any atom is 0.307 e. The molecule has 0 bridgehead atoms. The number of hydrogen-bond acceptors (Lipinski definition) is 3. The molecule has 0 heterocycles. The molecule has 0 aliphatic carbocycles. The summed E-state index contributed by atoms with van der Waals surface area (Å²) in [6, 6.07) is 7.78. The Morgan fingerprint density at radius 2 is 1.94 bits per heavy atom. The van der Waals surface area contributed by atoms with Crippen LogP contribution < -0.4 is 0 Å². The summed E-state index contributed by atoms with van der Waals surface area (Å²) in [5, 5.41) is 8.65. The monoisotopic (exact) mass is 253 g/mol. The van der Waals surface area contributed by atoms with Crippen LogP contribution in [-0.4, -0.2) is 42.4 Å². The van der Waals surface area contributed by atoms with Crippen molar-refractivity contribution in [3.05, 3.63) is 29.8 Å². The lowest BCUT2D eigenvalue weighted by Gasteiger charge is -2.08. The first-order valence-electron chi connectivity index (χ1n) is 5.66. The summed E-state index contributed by atoms with van der Waals surface area (Å²) in [5.74, 6) is 0.313. The second-order valence-electron chi connectivity index (χ2n) is 4.22. The number of rotatable bonds is 7. The third-order valence-corrected chi connectivity index (χ3v) is 3.40. The molecule has 3 nitrogen and oxygen atoms in total. The van der Waals surface area contributed by atoms with Gasteiger partial charge in [0, 0.05) is 4.90 Å². The van der Waals surface area contributed by atoms with Crippen LogP contribution in [0.3, 0.4) is 0 Å². The Morgan fingerprint density at radius 3 is 2.47 bits per heavy atom. The largest absolute Gasteiger partial charge is 0.481 e. The van der Waals surface area contributed by atoms with Gasteiger partial charge in [0.2, 0.25) is 0 Å². The van der Waals surface area contributed by atoms with Gasteiger partial charge in [0.25, 0.3) is 0 Å². The summed E-state index contributed by atoms with van der Waals surface area (Å²) in [7, 11) is 4.15. The number of aliphatic carboxylic acids is 1. The first kappa shape index (κ1) is 14.1. The van der Waals surface area contributed by atoms with E-state index >= 15 is 0 Å². The van der Waals surface area contributed by atoms with Crippen molar-refractivity contribution in [2.75, 3.05) is 26.4 Å². The highest BCUT2D eigenvalue weighted by atomic mass is 32.2. The predicted molar refractivity (Wildman–Crippen MR) is 71.7 cm³/mol. The molecule has 1 N–H and O–H groups in total. The zero-order valence-electron chi connectivity index (χ0n) is 10.3. The van der Waals surface area contributed by atoms with Crippen molar-refractivity contribution in [1.29, 1.82) is 0 Å². The van der Waals surface area contributed by atoms with Gasteiger partial charge in [-0.3, -0.25) is 4.79 Å². The minimum absolute atomic E-state index is 0.103. The molecule has 0 saturated carbocycles. The molecule has 94 valence electrons. The molecule has 0 saturated heterocycles. The highest BCUT2D eigenvalue weighted by molar-refractivity contribution is 7.99. The fourth-order valence-corrected chi connectivity index (χ4v) is 2.29. The van der Waals surface area contributed by atoms with Crippen LogP contribution in [0, 0.1) is 0 Å². The molecule has 0 atom stereocenters. The maximum atomic E-state index is 10.5. The molecule has 17 heavy (non-hydrogen) atoms. The number of thioether (sulfide) groups is 1. The Labute approximate surface area is 107 Å². The summed E-state index contributed by atoms with van der Waals surface area (Å²) in [5.41, 5.74) is 0.857. The van der Waals surface area contributed by atoms with Crippen LogP contribution in [0.25, 0.3) is 0 Å². The first-order valence-corrected chi connectivity index (χ1v) is 6.65. The number of carbonyl (C=O) groups is 1. The van der Waals surface area contributed by atoms with Gasteiger partial charge in [0.15, 0.2) is 0 Å². The van der Waals surface area contributed by atoms with Gasteiger partial charge >= 0.3 is 5.97 Å². The standard InChI is InChI=1S/C13H19NO2S/c1-14(2)8-3-9-17-12-6-4-11(5-7-12)10-13(15)16/h4-7H,3,8-10H2,1-2H3,(H,15,16). The van der Waals surface area contributed by atoms with Crippen LogP contribution in [0.15, 0.2) is 29.2 Å². The van der Waals surface area contributed by atoms with Crippen molar-refractivity contribution in [2.24, 2.45) is 0 Å². The number of benzene rings is 1. The Hall–Kier alpha value is -1.00. The quantitative estimate of drug-likeness (QED) is 0.598. The van der Waals surface area contributed by atoms with Crippen LogP contribution in [-0.2, 0) is 11.2 Å². The fraction of sp³-hybridized carbons (Fsp3) is 0.462. The Balaban J connectivity index is 2.32. The van der Waals surface area contributed by atoms with E-state index in [9.17, 15) is 4.79 Å². The molecular formula is C13H19NO2S. The fourth-order valence-electron chi connectivity index (χ4n) is 1.45. The molecule has 1 aromatic carbocycles. The smallest absolute Gasteiger partial charge is 0.307 e. The molecule has 1 rings (SSSR count). The molecule has 0 spiro atoms. The molecule has 1 aromatic rings. The molecule has 0 aliphatic heterocycles. The normalized spacial score (nSPS) is 10.8. The third-order valence-electron chi connectivity index (χ3n) is 2.30. The van der Waals surface area contributed by atoms with Crippen LogP contribution >= 0.6 is 11.8 Å². The van der Waals surface area contributed by atoms with Gasteiger partial charge in [-0.05, 0) is 50.5 Å². The zero-order valence-corrected chi connectivity index (χ0v) is 11.2. The second kappa shape index (κ2) is 7.35. The van der Waals surface area contributed by atoms with Crippen molar-refractivity contribution in [2.45, 2.75) is 17.7 Å². The average Bonchev–Trinajstić information content (AvgIpc) is 2.25. The van der Waals surface area contributed by atoms with E-state index in [4.69, 9.17) is 5.11 Å². The van der Waals surface area contributed by atoms with Crippen LogP contribution in [0.4, 0.5) is 0 Å². The summed E-state index contributed by atoms with van der Waals surface area (Å²) in [4.78, 5) is 13.9. The number of nitrogens with zero attached hydrogens (tertiary/aromatic N) is 1. The van der Waals surface area contributed by atoms with E-state index in [1.165, 1.54) is 4.90 Å². The van der Waals surface area contributed by atoms with Crippen molar-refractivity contribution in [3.8, 4) is 0 Å². The summed E-state index contributed by atoms with van der Waals surface area (Å²) >= 11 is 1.82. The van der Waals surface area contributed by atoms with Crippen molar-refractivity contribution in [1.82, 2.24) is 4.90 Å². The van der Waals surface area contributed by atoms with Gasteiger partial charge in [-0.25, -0.2) is 0 Å². The van der Waals surface area contributed by atoms with Crippen LogP contribution in [0.5, 0.6) is 0 Å². The van der Waals surface area contributed by atoms with Gasteiger partial charge < -0.3 is 10.0 Å². The highest BCUT2D eigenvalue weighted by Gasteiger charge is 2.00. The molecule has 0 amide bonds. The summed E-state index contributed by atoms with van der Waals surface area (Å²) in [6.45, 7) is 1.10. The average molecular weight is 253 g/mol. The van der Waals surface area contributed by atoms with E-state index in [1.54, 1.807) is 0 Å². The van der Waals surface area contributed by atoms with Gasteiger partial charge in [0.05, 0.1) is 6.42 Å². The van der Waals surface area contributed by atoms with E-state index in [2.05, 4.69) is 19.0 Å². The molecule has 0 aromatic heterocycles. The molecule has 4 heteroatoms. The predicted octanol–water partition coefficient (Wildman–Crippen LogP) is 2.36. The van der Waals surface area contributed by atoms with Crippen LogP contribution in [0.1, 0.15) is 12.0 Å². The van der Waals surface area contributed by atoms with E-state index in [1.807, 2.05) is 36.0 Å². The van der Waals surface area contributed by atoms with Crippen molar-refractivity contribution < 1.29 is 9.90 Å². The molecule has 0 aliphatic rings. The lowest BCUT2D eigenvalue weighted by molar-refractivity contribution is -0.136. The van der Waals surface area contributed by atoms with E-state index < -0.39 is 5.97 Å². The Kier molecular flexibility index (Phi) is 6.08. The molecular weight excluding hydrogens is 234 g/mol.